The number of anilines is 1. The molecule has 4 heteroatoms. The molecule has 21 heavy (non-hydrogen) atoms. The van der Waals surface area contributed by atoms with Gasteiger partial charge in [0.2, 0.25) is 0 Å². The largest absolute Gasteiger partial charge is 0.497 e. The third-order valence-electron chi connectivity index (χ3n) is 3.36. The lowest BCUT2D eigenvalue weighted by Gasteiger charge is -2.25. The van der Waals surface area contributed by atoms with Crippen molar-refractivity contribution in [1.82, 2.24) is 0 Å². The van der Waals surface area contributed by atoms with Crippen LogP contribution in [0.15, 0.2) is 48.5 Å². The number of ether oxygens (including phenoxy) is 1. The van der Waals surface area contributed by atoms with Gasteiger partial charge in [-0.15, -0.1) is 0 Å². The van der Waals surface area contributed by atoms with Gasteiger partial charge in [-0.05, 0) is 54.9 Å². The Balaban J connectivity index is 2.13. The molecule has 0 saturated carbocycles. The first kappa shape index (κ1) is 15.3. The van der Waals surface area contributed by atoms with E-state index in [9.17, 15) is 4.39 Å². The first-order valence-electron chi connectivity index (χ1n) is 7.06. The SMILES string of the molecule is COc1ccc(CN(CCCN)c2ccc(F)cc2)cc1. The van der Waals surface area contributed by atoms with E-state index in [0.717, 1.165) is 30.9 Å². The second kappa shape index (κ2) is 7.64. The predicted molar refractivity (Wildman–Crippen MR) is 84.1 cm³/mol. The molecule has 0 saturated heterocycles. The standard InChI is InChI=1S/C17H21FN2O/c1-21-17-9-3-14(4-10-17)13-20(12-2-11-19)16-7-5-15(18)6-8-16/h3-10H,2,11-13,19H2,1H3. The first-order valence-corrected chi connectivity index (χ1v) is 7.06. The van der Waals surface area contributed by atoms with Crippen LogP contribution in [0, 0.1) is 5.82 Å². The molecule has 0 spiro atoms. The molecule has 112 valence electrons. The molecule has 2 aromatic rings. The fourth-order valence-electron chi connectivity index (χ4n) is 2.18. The quantitative estimate of drug-likeness (QED) is 0.850. The summed E-state index contributed by atoms with van der Waals surface area (Å²) in [6, 6.07) is 14.5. The topological polar surface area (TPSA) is 38.5 Å². The minimum absolute atomic E-state index is 0.220. The second-order valence-electron chi connectivity index (χ2n) is 4.89. The van der Waals surface area contributed by atoms with Crippen LogP contribution in [0.1, 0.15) is 12.0 Å². The minimum Gasteiger partial charge on any atom is -0.497 e. The maximum absolute atomic E-state index is 13.1. The number of halogens is 1. The molecule has 0 unspecified atom stereocenters. The van der Waals surface area contributed by atoms with E-state index in [0.29, 0.717) is 6.54 Å². The third-order valence-corrected chi connectivity index (χ3v) is 3.36. The van der Waals surface area contributed by atoms with E-state index in [-0.39, 0.29) is 5.82 Å². The summed E-state index contributed by atoms with van der Waals surface area (Å²) in [5.74, 6) is 0.621. The second-order valence-corrected chi connectivity index (χ2v) is 4.89. The molecule has 0 heterocycles. The van der Waals surface area contributed by atoms with Crippen LogP contribution >= 0.6 is 0 Å². The lowest BCUT2D eigenvalue weighted by atomic mass is 10.1. The highest BCUT2D eigenvalue weighted by Gasteiger charge is 2.07. The number of rotatable bonds is 7. The third kappa shape index (κ3) is 4.46. The van der Waals surface area contributed by atoms with Crippen molar-refractivity contribution in [2.45, 2.75) is 13.0 Å². The van der Waals surface area contributed by atoms with Crippen molar-refractivity contribution in [2.24, 2.45) is 5.73 Å². The molecule has 0 fully saturated rings. The van der Waals surface area contributed by atoms with Gasteiger partial charge in [0.1, 0.15) is 11.6 Å². The molecular weight excluding hydrogens is 267 g/mol. The summed E-state index contributed by atoms with van der Waals surface area (Å²) < 4.78 is 18.2. The molecule has 0 bridgehead atoms. The summed E-state index contributed by atoms with van der Waals surface area (Å²) >= 11 is 0. The predicted octanol–water partition coefficient (Wildman–Crippen LogP) is 3.19. The smallest absolute Gasteiger partial charge is 0.123 e. The Labute approximate surface area is 125 Å². The van der Waals surface area contributed by atoms with Gasteiger partial charge in [0.15, 0.2) is 0 Å². The molecule has 0 aromatic heterocycles. The summed E-state index contributed by atoms with van der Waals surface area (Å²) in [4.78, 5) is 2.20. The molecule has 2 N–H and O–H groups in total. The number of hydrogen-bond donors (Lipinski definition) is 1. The maximum Gasteiger partial charge on any atom is 0.123 e. The fourth-order valence-corrected chi connectivity index (χ4v) is 2.18. The van der Waals surface area contributed by atoms with E-state index in [2.05, 4.69) is 4.90 Å². The Morgan fingerprint density at radius 2 is 1.71 bits per heavy atom. The molecule has 0 amide bonds. The Kier molecular flexibility index (Phi) is 5.58. The monoisotopic (exact) mass is 288 g/mol. The van der Waals surface area contributed by atoms with Crippen LogP contribution in [0.25, 0.3) is 0 Å². The molecule has 2 aromatic carbocycles. The summed E-state index contributed by atoms with van der Waals surface area (Å²) in [6.45, 7) is 2.24. The van der Waals surface area contributed by atoms with Crippen molar-refractivity contribution in [3.8, 4) is 5.75 Å². The van der Waals surface area contributed by atoms with Crippen LogP contribution < -0.4 is 15.4 Å². The minimum atomic E-state index is -0.220. The van der Waals surface area contributed by atoms with Crippen LogP contribution in [0.3, 0.4) is 0 Å². The molecule has 0 aliphatic rings. The van der Waals surface area contributed by atoms with Crippen molar-refractivity contribution in [3.63, 3.8) is 0 Å². The van der Waals surface area contributed by atoms with Gasteiger partial charge in [0.05, 0.1) is 7.11 Å². The van der Waals surface area contributed by atoms with Crippen molar-refractivity contribution in [2.75, 3.05) is 25.1 Å². The zero-order chi connectivity index (χ0) is 15.1. The fraction of sp³-hybridized carbons (Fsp3) is 0.294. The zero-order valence-corrected chi connectivity index (χ0v) is 12.3. The van der Waals surface area contributed by atoms with Gasteiger partial charge in [-0.25, -0.2) is 4.39 Å². The highest BCUT2D eigenvalue weighted by atomic mass is 19.1. The Bertz CT molecular complexity index is 540. The zero-order valence-electron chi connectivity index (χ0n) is 12.3. The van der Waals surface area contributed by atoms with Crippen molar-refractivity contribution < 1.29 is 9.13 Å². The van der Waals surface area contributed by atoms with Crippen molar-refractivity contribution in [1.29, 1.82) is 0 Å². The van der Waals surface area contributed by atoms with Crippen molar-refractivity contribution >= 4 is 5.69 Å². The number of methoxy groups -OCH3 is 1. The average Bonchev–Trinajstić information content (AvgIpc) is 2.53. The van der Waals surface area contributed by atoms with E-state index in [4.69, 9.17) is 10.5 Å². The molecule has 2 rings (SSSR count). The Morgan fingerprint density at radius 1 is 1.05 bits per heavy atom. The lowest BCUT2D eigenvalue weighted by molar-refractivity contribution is 0.414. The van der Waals surface area contributed by atoms with E-state index < -0.39 is 0 Å². The number of benzene rings is 2. The summed E-state index contributed by atoms with van der Waals surface area (Å²) in [5, 5.41) is 0. The van der Waals surface area contributed by atoms with Gasteiger partial charge < -0.3 is 15.4 Å². The van der Waals surface area contributed by atoms with Crippen molar-refractivity contribution in [3.05, 3.63) is 59.9 Å². The van der Waals surface area contributed by atoms with Crippen LogP contribution in [-0.2, 0) is 6.54 Å². The number of nitrogens with zero attached hydrogens (tertiary/aromatic N) is 1. The average molecular weight is 288 g/mol. The van der Waals surface area contributed by atoms with Gasteiger partial charge in [-0.1, -0.05) is 12.1 Å². The van der Waals surface area contributed by atoms with Gasteiger partial charge in [0, 0.05) is 18.8 Å². The lowest BCUT2D eigenvalue weighted by Crippen LogP contribution is -2.25. The normalized spacial score (nSPS) is 10.4. The highest BCUT2D eigenvalue weighted by Crippen LogP contribution is 2.19. The van der Waals surface area contributed by atoms with Crippen LogP contribution in [0.4, 0.5) is 10.1 Å². The summed E-state index contributed by atoms with van der Waals surface area (Å²) in [5.41, 5.74) is 7.79. The Morgan fingerprint density at radius 3 is 2.29 bits per heavy atom. The molecule has 0 aliphatic heterocycles. The van der Waals surface area contributed by atoms with E-state index in [1.54, 1.807) is 19.2 Å². The molecular formula is C17H21FN2O. The van der Waals surface area contributed by atoms with E-state index in [1.807, 2.05) is 24.3 Å². The Hall–Kier alpha value is -2.07. The van der Waals surface area contributed by atoms with Gasteiger partial charge in [-0.3, -0.25) is 0 Å². The van der Waals surface area contributed by atoms with Gasteiger partial charge in [0.25, 0.3) is 0 Å². The van der Waals surface area contributed by atoms with Crippen LogP contribution in [-0.4, -0.2) is 20.2 Å². The van der Waals surface area contributed by atoms with E-state index in [1.165, 1.54) is 17.7 Å². The molecule has 0 radical (unpaired) electrons. The summed E-state index contributed by atoms with van der Waals surface area (Å²) in [6.07, 6.45) is 0.896. The number of nitrogens with two attached hydrogens (primary N) is 1. The molecule has 0 atom stereocenters. The number of hydrogen-bond acceptors (Lipinski definition) is 3. The highest BCUT2D eigenvalue weighted by molar-refractivity contribution is 5.47. The van der Waals surface area contributed by atoms with Gasteiger partial charge >= 0.3 is 0 Å². The summed E-state index contributed by atoms with van der Waals surface area (Å²) in [7, 11) is 1.65. The van der Waals surface area contributed by atoms with Crippen LogP contribution in [0.2, 0.25) is 0 Å². The van der Waals surface area contributed by atoms with E-state index >= 15 is 0 Å². The molecule has 3 nitrogen and oxygen atoms in total. The maximum atomic E-state index is 13.1. The molecule has 0 aliphatic carbocycles. The first-order chi connectivity index (χ1) is 10.2. The van der Waals surface area contributed by atoms with Crippen LogP contribution in [0.5, 0.6) is 5.75 Å². The van der Waals surface area contributed by atoms with Gasteiger partial charge in [-0.2, -0.15) is 0 Å².